The second-order valence-electron chi connectivity index (χ2n) is 5.16. The fourth-order valence-electron chi connectivity index (χ4n) is 2.84. The minimum atomic E-state index is -0.253. The minimum absolute atomic E-state index is 0.253. The number of hydrogen-bond donors (Lipinski definition) is 1. The first-order valence-corrected chi connectivity index (χ1v) is 8.15. The van der Waals surface area contributed by atoms with Crippen molar-refractivity contribution in [3.8, 4) is 0 Å². The molecule has 1 saturated heterocycles. The summed E-state index contributed by atoms with van der Waals surface area (Å²) < 4.78 is 2.22. The van der Waals surface area contributed by atoms with Gasteiger partial charge in [-0.1, -0.05) is 12.1 Å². The van der Waals surface area contributed by atoms with E-state index in [9.17, 15) is 5.11 Å². The van der Waals surface area contributed by atoms with E-state index in [1.54, 1.807) is 0 Å². The van der Waals surface area contributed by atoms with Crippen molar-refractivity contribution in [2.24, 2.45) is 5.92 Å². The van der Waals surface area contributed by atoms with Crippen molar-refractivity contribution in [1.29, 1.82) is 0 Å². The zero-order chi connectivity index (χ0) is 13.2. The molecule has 19 heavy (non-hydrogen) atoms. The third-order valence-electron chi connectivity index (χ3n) is 3.95. The average Bonchev–Trinajstić information content (AvgIpc) is 3.05. The Hall–Kier alpha value is -1.00. The zero-order valence-corrected chi connectivity index (χ0v) is 12.1. The number of imidazole rings is 1. The third-order valence-corrected chi connectivity index (χ3v) is 5.14. The van der Waals surface area contributed by atoms with Crippen molar-refractivity contribution in [1.82, 2.24) is 9.55 Å². The van der Waals surface area contributed by atoms with Gasteiger partial charge in [-0.15, -0.1) is 0 Å². The van der Waals surface area contributed by atoms with Gasteiger partial charge in [0.15, 0.2) is 0 Å². The first-order valence-electron chi connectivity index (χ1n) is 6.99. The molecule has 0 aliphatic carbocycles. The van der Waals surface area contributed by atoms with Gasteiger partial charge in [-0.2, -0.15) is 11.8 Å². The number of aliphatic hydroxyl groups is 1. The molecule has 1 N–H and O–H groups in total. The second kappa shape index (κ2) is 5.55. The van der Waals surface area contributed by atoms with E-state index in [4.69, 9.17) is 4.98 Å². The molecule has 2 aromatic rings. The summed E-state index contributed by atoms with van der Waals surface area (Å²) in [7, 11) is 0. The van der Waals surface area contributed by atoms with Crippen LogP contribution in [-0.2, 0) is 13.0 Å². The van der Waals surface area contributed by atoms with Crippen LogP contribution in [0.2, 0.25) is 0 Å². The van der Waals surface area contributed by atoms with Gasteiger partial charge in [0.1, 0.15) is 5.82 Å². The molecule has 1 aromatic carbocycles. The van der Waals surface area contributed by atoms with Gasteiger partial charge in [0.05, 0.1) is 17.1 Å². The Morgan fingerprint density at radius 2 is 2.32 bits per heavy atom. The SMILES string of the molecule is CCn1c(CC(O)C2CCSC2)nc2ccccc21. The van der Waals surface area contributed by atoms with Crippen LogP contribution in [-0.4, -0.2) is 32.3 Å². The number of benzene rings is 1. The van der Waals surface area contributed by atoms with E-state index in [2.05, 4.69) is 17.6 Å². The molecule has 1 aliphatic rings. The largest absolute Gasteiger partial charge is 0.392 e. The first kappa shape index (κ1) is 13.0. The van der Waals surface area contributed by atoms with E-state index < -0.39 is 0 Å². The lowest BCUT2D eigenvalue weighted by Crippen LogP contribution is -2.24. The molecule has 3 nitrogen and oxygen atoms in total. The maximum atomic E-state index is 10.4. The lowest BCUT2D eigenvalue weighted by atomic mass is 9.99. The van der Waals surface area contributed by atoms with E-state index in [1.165, 1.54) is 11.3 Å². The fraction of sp³-hybridized carbons (Fsp3) is 0.533. The number of aromatic nitrogens is 2. The second-order valence-corrected chi connectivity index (χ2v) is 6.31. The van der Waals surface area contributed by atoms with Gasteiger partial charge in [-0.25, -0.2) is 4.98 Å². The van der Waals surface area contributed by atoms with E-state index in [1.807, 2.05) is 30.0 Å². The van der Waals surface area contributed by atoms with Gasteiger partial charge in [-0.3, -0.25) is 0 Å². The van der Waals surface area contributed by atoms with Crippen LogP contribution in [0.25, 0.3) is 11.0 Å². The topological polar surface area (TPSA) is 38.0 Å². The highest BCUT2D eigenvalue weighted by atomic mass is 32.2. The van der Waals surface area contributed by atoms with Crippen molar-refractivity contribution in [3.63, 3.8) is 0 Å². The van der Waals surface area contributed by atoms with Gasteiger partial charge in [-0.05, 0) is 42.9 Å². The molecule has 102 valence electrons. The Balaban J connectivity index is 1.87. The standard InChI is InChI=1S/C15H20N2OS/c1-2-17-13-6-4-3-5-12(13)16-15(17)9-14(18)11-7-8-19-10-11/h3-6,11,14,18H,2,7-10H2,1H3. The molecule has 2 unspecified atom stereocenters. The van der Waals surface area contributed by atoms with E-state index in [0.717, 1.165) is 30.1 Å². The zero-order valence-electron chi connectivity index (χ0n) is 11.2. The highest BCUT2D eigenvalue weighted by Gasteiger charge is 2.25. The molecule has 0 saturated carbocycles. The van der Waals surface area contributed by atoms with Crippen LogP contribution >= 0.6 is 11.8 Å². The Labute approximate surface area is 118 Å². The number of aliphatic hydroxyl groups excluding tert-OH is 1. The molecule has 1 aromatic heterocycles. The Bertz CT molecular complexity index is 560. The molecule has 0 radical (unpaired) electrons. The van der Waals surface area contributed by atoms with Crippen LogP contribution in [0.1, 0.15) is 19.2 Å². The molecule has 2 atom stereocenters. The summed E-state index contributed by atoms with van der Waals surface area (Å²) in [5.74, 6) is 3.74. The Morgan fingerprint density at radius 1 is 1.47 bits per heavy atom. The van der Waals surface area contributed by atoms with E-state index >= 15 is 0 Å². The summed E-state index contributed by atoms with van der Waals surface area (Å²) in [6, 6.07) is 8.21. The lowest BCUT2D eigenvalue weighted by Gasteiger charge is -2.17. The van der Waals surface area contributed by atoms with Crippen LogP contribution in [0.3, 0.4) is 0 Å². The number of nitrogens with zero attached hydrogens (tertiary/aromatic N) is 2. The summed E-state index contributed by atoms with van der Waals surface area (Å²) in [6.07, 6.45) is 1.56. The third kappa shape index (κ3) is 2.51. The molecule has 0 amide bonds. The quantitative estimate of drug-likeness (QED) is 0.933. The molecular formula is C15H20N2OS. The van der Waals surface area contributed by atoms with Gasteiger partial charge in [0.25, 0.3) is 0 Å². The van der Waals surface area contributed by atoms with Crippen LogP contribution in [0.4, 0.5) is 0 Å². The Morgan fingerprint density at radius 3 is 3.05 bits per heavy atom. The van der Waals surface area contributed by atoms with E-state index in [0.29, 0.717) is 12.3 Å². The number of rotatable bonds is 4. The van der Waals surface area contributed by atoms with Crippen molar-refractivity contribution in [3.05, 3.63) is 30.1 Å². The van der Waals surface area contributed by atoms with Crippen LogP contribution in [0.15, 0.2) is 24.3 Å². The van der Waals surface area contributed by atoms with Crippen LogP contribution in [0.5, 0.6) is 0 Å². The van der Waals surface area contributed by atoms with Crippen molar-refractivity contribution < 1.29 is 5.11 Å². The molecule has 1 fully saturated rings. The fourth-order valence-corrected chi connectivity index (χ4v) is 4.17. The monoisotopic (exact) mass is 276 g/mol. The molecule has 0 bridgehead atoms. The summed E-state index contributed by atoms with van der Waals surface area (Å²) in [5.41, 5.74) is 2.21. The smallest absolute Gasteiger partial charge is 0.112 e. The van der Waals surface area contributed by atoms with Crippen LogP contribution in [0, 0.1) is 5.92 Å². The predicted molar refractivity (Wildman–Crippen MR) is 80.5 cm³/mol. The molecule has 4 heteroatoms. The number of thioether (sulfide) groups is 1. The molecule has 2 heterocycles. The van der Waals surface area contributed by atoms with Gasteiger partial charge in [0.2, 0.25) is 0 Å². The summed E-state index contributed by atoms with van der Waals surface area (Å²) in [6.45, 7) is 3.04. The minimum Gasteiger partial charge on any atom is -0.392 e. The van der Waals surface area contributed by atoms with Gasteiger partial charge in [0, 0.05) is 13.0 Å². The predicted octanol–water partition coefficient (Wildman–Crippen LogP) is 2.71. The van der Waals surface area contributed by atoms with Gasteiger partial charge < -0.3 is 9.67 Å². The number of hydrogen-bond acceptors (Lipinski definition) is 3. The number of para-hydroxylation sites is 2. The van der Waals surface area contributed by atoms with Gasteiger partial charge >= 0.3 is 0 Å². The highest BCUT2D eigenvalue weighted by Crippen LogP contribution is 2.28. The maximum absolute atomic E-state index is 10.4. The van der Waals surface area contributed by atoms with E-state index in [-0.39, 0.29) is 6.10 Å². The summed E-state index contributed by atoms with van der Waals surface area (Å²) in [4.78, 5) is 4.69. The lowest BCUT2D eigenvalue weighted by molar-refractivity contribution is 0.117. The van der Waals surface area contributed by atoms with Crippen molar-refractivity contribution in [2.45, 2.75) is 32.4 Å². The summed E-state index contributed by atoms with van der Waals surface area (Å²) >= 11 is 1.95. The molecule has 3 rings (SSSR count). The normalized spacial score (nSPS) is 21.1. The molecule has 0 spiro atoms. The summed E-state index contributed by atoms with van der Waals surface area (Å²) in [5, 5.41) is 10.4. The van der Waals surface area contributed by atoms with Crippen molar-refractivity contribution in [2.75, 3.05) is 11.5 Å². The highest BCUT2D eigenvalue weighted by molar-refractivity contribution is 7.99. The average molecular weight is 276 g/mol. The molecule has 1 aliphatic heterocycles. The number of fused-ring (bicyclic) bond motifs is 1. The van der Waals surface area contributed by atoms with Crippen molar-refractivity contribution >= 4 is 22.8 Å². The Kier molecular flexibility index (Phi) is 3.80. The number of aryl methyl sites for hydroxylation is 1. The maximum Gasteiger partial charge on any atom is 0.112 e. The molecular weight excluding hydrogens is 256 g/mol. The first-order chi connectivity index (χ1) is 9.29. The van der Waals surface area contributed by atoms with Crippen LogP contribution < -0.4 is 0 Å².